The molecule has 0 atom stereocenters. The van der Waals surface area contributed by atoms with Gasteiger partial charge in [-0.15, -0.1) is 0 Å². The summed E-state index contributed by atoms with van der Waals surface area (Å²) in [5.41, 5.74) is 7.36. The monoisotopic (exact) mass is 652 g/mol. The standard InChI is InChI=1S/C34H44N4O9/c35-34(15-9-29(43)36-18-12-22-7-8-25(39)28(42)21-22,16-10-30(44)37-19-13-23-3-1-5-26(40)32(23)46)17-11-31(45)38-20-14-24-4-2-6-27(41)33(24)47/h1-8,21,39-42,46-47H,9-20,35H2,(H,36,43)(H,37,44)(H,38,45). The molecule has 0 aliphatic heterocycles. The molecule has 3 aromatic carbocycles. The fourth-order valence-corrected chi connectivity index (χ4v) is 5.03. The Morgan fingerprint density at radius 2 is 0.979 bits per heavy atom. The minimum atomic E-state index is -1.03. The number of phenolic OH excluding ortho intramolecular Hbond substituents is 6. The van der Waals surface area contributed by atoms with Crippen molar-refractivity contribution in [2.75, 3.05) is 19.6 Å². The topological polar surface area (TPSA) is 235 Å². The quantitative estimate of drug-likeness (QED) is 0.0901. The van der Waals surface area contributed by atoms with Gasteiger partial charge in [0.2, 0.25) is 17.7 Å². The summed E-state index contributed by atoms with van der Waals surface area (Å²) in [6, 6.07) is 13.6. The molecular formula is C34H44N4O9. The Morgan fingerprint density at radius 3 is 1.40 bits per heavy atom. The van der Waals surface area contributed by atoms with E-state index in [1.165, 1.54) is 24.3 Å². The van der Waals surface area contributed by atoms with Gasteiger partial charge in [-0.3, -0.25) is 14.4 Å². The van der Waals surface area contributed by atoms with Crippen LogP contribution in [0.3, 0.4) is 0 Å². The van der Waals surface area contributed by atoms with Gasteiger partial charge in [0.05, 0.1) is 0 Å². The lowest BCUT2D eigenvalue weighted by Gasteiger charge is -2.29. The molecule has 0 aliphatic rings. The minimum absolute atomic E-state index is 0.0346. The van der Waals surface area contributed by atoms with Gasteiger partial charge in [-0.25, -0.2) is 0 Å². The van der Waals surface area contributed by atoms with Crippen molar-refractivity contribution in [1.82, 2.24) is 16.0 Å². The summed E-state index contributed by atoms with van der Waals surface area (Å²) in [4.78, 5) is 37.9. The Morgan fingerprint density at radius 1 is 0.553 bits per heavy atom. The molecule has 3 aromatic rings. The molecule has 0 aromatic heterocycles. The number of para-hydroxylation sites is 2. The Balaban J connectivity index is 1.50. The van der Waals surface area contributed by atoms with Crippen LogP contribution in [0.5, 0.6) is 34.5 Å². The fraction of sp³-hybridized carbons (Fsp3) is 0.382. The molecule has 0 saturated heterocycles. The summed E-state index contributed by atoms with van der Waals surface area (Å²) >= 11 is 0. The van der Waals surface area contributed by atoms with Gasteiger partial charge in [-0.05, 0) is 79.5 Å². The number of phenols is 6. The van der Waals surface area contributed by atoms with Crippen molar-refractivity contribution < 1.29 is 45.0 Å². The molecule has 11 N–H and O–H groups in total. The van der Waals surface area contributed by atoms with E-state index < -0.39 is 5.54 Å². The summed E-state index contributed by atoms with van der Waals surface area (Å²) in [5, 5.41) is 66.7. The van der Waals surface area contributed by atoms with Gasteiger partial charge in [0.15, 0.2) is 34.5 Å². The third kappa shape index (κ3) is 11.9. The number of hydrogen-bond donors (Lipinski definition) is 10. The molecule has 0 radical (unpaired) electrons. The van der Waals surface area contributed by atoms with Gasteiger partial charge >= 0.3 is 0 Å². The summed E-state index contributed by atoms with van der Waals surface area (Å²) in [5.74, 6) is -2.30. The summed E-state index contributed by atoms with van der Waals surface area (Å²) < 4.78 is 0. The highest BCUT2D eigenvalue weighted by Gasteiger charge is 2.27. The number of hydrogen-bond acceptors (Lipinski definition) is 10. The first-order valence-electron chi connectivity index (χ1n) is 15.5. The molecular weight excluding hydrogens is 608 g/mol. The van der Waals surface area contributed by atoms with E-state index in [-0.39, 0.29) is 110 Å². The Kier molecular flexibility index (Phi) is 13.5. The van der Waals surface area contributed by atoms with E-state index >= 15 is 0 Å². The van der Waals surface area contributed by atoms with E-state index in [2.05, 4.69) is 16.0 Å². The third-order valence-electron chi connectivity index (χ3n) is 7.96. The zero-order valence-electron chi connectivity index (χ0n) is 26.2. The average Bonchev–Trinajstić information content (AvgIpc) is 3.04. The van der Waals surface area contributed by atoms with Gasteiger partial charge in [0.25, 0.3) is 0 Å². The van der Waals surface area contributed by atoms with Crippen LogP contribution in [0.2, 0.25) is 0 Å². The maximum atomic E-state index is 12.6. The molecule has 0 unspecified atom stereocenters. The molecule has 13 nitrogen and oxygen atoms in total. The Bertz CT molecular complexity index is 1460. The van der Waals surface area contributed by atoms with E-state index in [0.29, 0.717) is 30.4 Å². The van der Waals surface area contributed by atoms with E-state index in [0.717, 1.165) is 5.56 Å². The van der Waals surface area contributed by atoms with Crippen LogP contribution in [0.1, 0.15) is 55.2 Å². The van der Waals surface area contributed by atoms with Crippen LogP contribution >= 0.6 is 0 Å². The zero-order chi connectivity index (χ0) is 34.4. The van der Waals surface area contributed by atoms with Crippen molar-refractivity contribution in [2.24, 2.45) is 5.73 Å². The number of nitrogens with two attached hydrogens (primary N) is 1. The minimum Gasteiger partial charge on any atom is -0.504 e. The first-order chi connectivity index (χ1) is 22.4. The van der Waals surface area contributed by atoms with Gasteiger partial charge in [0, 0.05) is 44.4 Å². The van der Waals surface area contributed by atoms with E-state index in [1.54, 1.807) is 30.3 Å². The average molecular weight is 653 g/mol. The van der Waals surface area contributed by atoms with Gasteiger partial charge in [-0.1, -0.05) is 30.3 Å². The lowest BCUT2D eigenvalue weighted by atomic mass is 9.84. The number of aromatic hydroxyl groups is 6. The molecule has 254 valence electrons. The lowest BCUT2D eigenvalue weighted by molar-refractivity contribution is -0.121. The van der Waals surface area contributed by atoms with Crippen LogP contribution in [0.4, 0.5) is 0 Å². The molecule has 0 aliphatic carbocycles. The summed E-state index contributed by atoms with van der Waals surface area (Å²) in [7, 11) is 0. The summed E-state index contributed by atoms with van der Waals surface area (Å²) in [6.07, 6.45) is 1.73. The molecule has 47 heavy (non-hydrogen) atoms. The van der Waals surface area contributed by atoms with Crippen LogP contribution < -0.4 is 21.7 Å². The Hall–Kier alpha value is -5.17. The first kappa shape index (κ1) is 36.3. The van der Waals surface area contributed by atoms with E-state index in [4.69, 9.17) is 5.73 Å². The number of carbonyl (C=O) groups excluding carboxylic acids is 3. The molecule has 13 heteroatoms. The van der Waals surface area contributed by atoms with E-state index in [9.17, 15) is 45.0 Å². The number of rotatable bonds is 18. The first-order valence-corrected chi connectivity index (χ1v) is 15.5. The highest BCUT2D eigenvalue weighted by Crippen LogP contribution is 2.29. The largest absolute Gasteiger partial charge is 0.504 e. The number of carbonyl (C=O) groups is 3. The Labute approximate surface area is 273 Å². The van der Waals surface area contributed by atoms with Crippen LogP contribution in [0.15, 0.2) is 54.6 Å². The van der Waals surface area contributed by atoms with Crippen molar-refractivity contribution in [3.8, 4) is 34.5 Å². The van der Waals surface area contributed by atoms with Crippen molar-refractivity contribution in [3.63, 3.8) is 0 Å². The summed E-state index contributed by atoms with van der Waals surface area (Å²) in [6.45, 7) is 0.715. The van der Waals surface area contributed by atoms with Crippen molar-refractivity contribution in [3.05, 3.63) is 71.3 Å². The second-order valence-corrected chi connectivity index (χ2v) is 11.6. The van der Waals surface area contributed by atoms with Gasteiger partial charge < -0.3 is 52.3 Å². The number of amides is 3. The predicted octanol–water partition coefficient (Wildman–Crippen LogP) is 2.33. The van der Waals surface area contributed by atoms with Crippen LogP contribution in [-0.4, -0.2) is 73.5 Å². The number of nitrogens with one attached hydrogen (secondary N) is 3. The van der Waals surface area contributed by atoms with Crippen LogP contribution in [0.25, 0.3) is 0 Å². The van der Waals surface area contributed by atoms with Gasteiger partial charge in [0.1, 0.15) is 0 Å². The third-order valence-corrected chi connectivity index (χ3v) is 7.96. The highest BCUT2D eigenvalue weighted by molar-refractivity contribution is 5.77. The SMILES string of the molecule is NC(CCC(=O)NCCc1ccc(O)c(O)c1)(CCC(=O)NCCc1cccc(O)c1O)CCC(=O)NCCc1cccc(O)c1O. The fourth-order valence-electron chi connectivity index (χ4n) is 5.03. The van der Waals surface area contributed by atoms with Gasteiger partial charge in [-0.2, -0.15) is 0 Å². The normalized spacial score (nSPS) is 11.2. The second-order valence-electron chi connectivity index (χ2n) is 11.6. The van der Waals surface area contributed by atoms with Crippen molar-refractivity contribution >= 4 is 17.7 Å². The predicted molar refractivity (Wildman–Crippen MR) is 174 cm³/mol. The maximum Gasteiger partial charge on any atom is 0.220 e. The molecule has 0 spiro atoms. The molecule has 0 fully saturated rings. The zero-order valence-corrected chi connectivity index (χ0v) is 26.2. The van der Waals surface area contributed by atoms with Crippen LogP contribution in [-0.2, 0) is 33.6 Å². The van der Waals surface area contributed by atoms with Crippen molar-refractivity contribution in [2.45, 2.75) is 63.3 Å². The lowest BCUT2D eigenvalue weighted by Crippen LogP contribution is -2.43. The second kappa shape index (κ2) is 17.5. The van der Waals surface area contributed by atoms with Crippen LogP contribution in [0, 0.1) is 0 Å². The molecule has 3 amide bonds. The molecule has 0 saturated carbocycles. The molecule has 3 rings (SSSR count). The molecule has 0 heterocycles. The molecule has 0 bridgehead atoms. The highest BCUT2D eigenvalue weighted by atomic mass is 16.3. The number of benzene rings is 3. The van der Waals surface area contributed by atoms with E-state index in [1.807, 2.05) is 0 Å². The maximum absolute atomic E-state index is 12.6. The van der Waals surface area contributed by atoms with Crippen molar-refractivity contribution in [1.29, 1.82) is 0 Å². The smallest absolute Gasteiger partial charge is 0.220 e.